The fraction of sp³-hybridized carbons (Fsp3) is 0.333. The average molecular weight is 338 g/mol. The summed E-state index contributed by atoms with van der Waals surface area (Å²) < 4.78 is 14.1. The van der Waals surface area contributed by atoms with Crippen molar-refractivity contribution in [1.29, 1.82) is 0 Å². The minimum atomic E-state index is -1.22. The van der Waals surface area contributed by atoms with Crippen LogP contribution >= 0.6 is 0 Å². The van der Waals surface area contributed by atoms with Crippen LogP contribution < -0.4 is 15.4 Å². The van der Waals surface area contributed by atoms with Crippen LogP contribution in [0.4, 0.5) is 4.79 Å². The Morgan fingerprint density at radius 2 is 1.79 bits per heavy atom. The monoisotopic (exact) mass is 338 g/mol. The maximum absolute atomic E-state index is 12.0. The Morgan fingerprint density at radius 3 is 2.42 bits per heavy atom. The first-order valence-electron chi connectivity index (χ1n) is 6.88. The number of benzene rings is 1. The summed E-state index contributed by atoms with van der Waals surface area (Å²) in [6.45, 7) is 0.824. The van der Waals surface area contributed by atoms with Gasteiger partial charge in [-0.05, 0) is 19.1 Å². The Bertz CT molecular complexity index is 630. The first-order chi connectivity index (χ1) is 11.4. The second kappa shape index (κ2) is 9.13. The van der Waals surface area contributed by atoms with E-state index in [9.17, 15) is 19.2 Å². The standard InChI is InChI=1S/C15H18N2O7/c1-9(13(19)17-15(21)23-3)24-12(18)8-16-14(20)10-6-4-5-7-11(10)22-2/h4-7,9H,8H2,1-3H3,(H,16,20)(H,17,19,21)/t9-/m1/s1. The summed E-state index contributed by atoms with van der Waals surface area (Å²) in [6.07, 6.45) is -2.19. The second-order valence-corrected chi connectivity index (χ2v) is 4.50. The molecule has 1 aromatic carbocycles. The molecule has 0 saturated carbocycles. The Morgan fingerprint density at radius 1 is 1.12 bits per heavy atom. The molecule has 0 unspecified atom stereocenters. The van der Waals surface area contributed by atoms with Crippen LogP contribution in [0.25, 0.3) is 0 Å². The van der Waals surface area contributed by atoms with Gasteiger partial charge in [-0.15, -0.1) is 0 Å². The molecule has 1 atom stereocenters. The molecular formula is C15H18N2O7. The molecule has 9 heteroatoms. The van der Waals surface area contributed by atoms with Gasteiger partial charge in [-0.1, -0.05) is 12.1 Å². The number of rotatable bonds is 6. The third kappa shape index (κ3) is 5.59. The lowest BCUT2D eigenvalue weighted by molar-refractivity contribution is -0.153. The normalized spacial score (nSPS) is 11.0. The summed E-state index contributed by atoms with van der Waals surface area (Å²) in [5.41, 5.74) is 0.254. The quantitative estimate of drug-likeness (QED) is 0.713. The molecule has 0 aromatic heterocycles. The van der Waals surface area contributed by atoms with Gasteiger partial charge >= 0.3 is 12.1 Å². The Kier molecular flexibility index (Phi) is 7.21. The predicted octanol–water partition coefficient (Wildman–Crippen LogP) is 0.239. The third-order valence-electron chi connectivity index (χ3n) is 2.83. The number of nitrogens with one attached hydrogen (secondary N) is 2. The molecule has 0 heterocycles. The zero-order valence-corrected chi connectivity index (χ0v) is 13.5. The molecule has 3 amide bonds. The van der Waals surface area contributed by atoms with E-state index in [1.54, 1.807) is 18.2 Å². The summed E-state index contributed by atoms with van der Waals surface area (Å²) in [4.78, 5) is 46.0. The van der Waals surface area contributed by atoms with Crippen molar-refractivity contribution in [2.24, 2.45) is 0 Å². The first kappa shape index (κ1) is 18.9. The van der Waals surface area contributed by atoms with Crippen LogP contribution in [-0.4, -0.2) is 50.7 Å². The van der Waals surface area contributed by atoms with Gasteiger partial charge in [-0.25, -0.2) is 4.79 Å². The molecule has 1 rings (SSSR count). The van der Waals surface area contributed by atoms with Crippen LogP contribution in [0.3, 0.4) is 0 Å². The molecule has 1 aromatic rings. The van der Waals surface area contributed by atoms with Crippen molar-refractivity contribution in [3.63, 3.8) is 0 Å². The highest BCUT2D eigenvalue weighted by Gasteiger charge is 2.21. The highest BCUT2D eigenvalue weighted by molar-refractivity contribution is 5.99. The molecule has 0 spiro atoms. The van der Waals surface area contributed by atoms with Gasteiger partial charge in [0, 0.05) is 0 Å². The topological polar surface area (TPSA) is 120 Å². The van der Waals surface area contributed by atoms with E-state index in [1.165, 1.54) is 20.1 Å². The number of alkyl carbamates (subject to hydrolysis) is 1. The van der Waals surface area contributed by atoms with Crippen molar-refractivity contribution >= 4 is 23.9 Å². The molecule has 24 heavy (non-hydrogen) atoms. The maximum Gasteiger partial charge on any atom is 0.413 e. The number of para-hydroxylation sites is 1. The Hall–Kier alpha value is -3.10. The smallest absolute Gasteiger partial charge is 0.413 e. The van der Waals surface area contributed by atoms with Crippen LogP contribution in [0.15, 0.2) is 24.3 Å². The molecule has 0 radical (unpaired) electrons. The fourth-order valence-electron chi connectivity index (χ4n) is 1.63. The molecule has 0 aliphatic rings. The molecule has 0 aliphatic heterocycles. The van der Waals surface area contributed by atoms with Crippen molar-refractivity contribution in [2.75, 3.05) is 20.8 Å². The minimum absolute atomic E-state index is 0.254. The number of imide groups is 1. The number of hydrogen-bond acceptors (Lipinski definition) is 7. The number of esters is 1. The van der Waals surface area contributed by atoms with Gasteiger partial charge in [-0.2, -0.15) is 0 Å². The highest BCUT2D eigenvalue weighted by Crippen LogP contribution is 2.16. The third-order valence-corrected chi connectivity index (χ3v) is 2.83. The van der Waals surface area contributed by atoms with Gasteiger partial charge < -0.3 is 19.5 Å². The molecule has 9 nitrogen and oxygen atoms in total. The summed E-state index contributed by atoms with van der Waals surface area (Å²) in [5.74, 6) is -1.86. The lowest BCUT2D eigenvalue weighted by Crippen LogP contribution is -2.41. The van der Waals surface area contributed by atoms with Crippen LogP contribution in [0.5, 0.6) is 5.75 Å². The van der Waals surface area contributed by atoms with E-state index in [0.29, 0.717) is 5.75 Å². The van der Waals surface area contributed by atoms with E-state index in [0.717, 1.165) is 7.11 Å². The number of hydrogen-bond donors (Lipinski definition) is 2. The molecule has 2 N–H and O–H groups in total. The van der Waals surface area contributed by atoms with E-state index >= 15 is 0 Å². The highest BCUT2D eigenvalue weighted by atomic mass is 16.6. The van der Waals surface area contributed by atoms with Crippen molar-refractivity contribution in [1.82, 2.24) is 10.6 Å². The largest absolute Gasteiger partial charge is 0.496 e. The zero-order valence-electron chi connectivity index (χ0n) is 13.5. The number of ether oxygens (including phenoxy) is 3. The fourth-order valence-corrected chi connectivity index (χ4v) is 1.63. The Labute approximate surface area is 138 Å². The maximum atomic E-state index is 12.0. The van der Waals surface area contributed by atoms with E-state index < -0.39 is 36.5 Å². The summed E-state index contributed by atoms with van der Waals surface area (Å²) in [7, 11) is 2.51. The van der Waals surface area contributed by atoms with E-state index in [-0.39, 0.29) is 5.56 Å². The molecule has 0 fully saturated rings. The minimum Gasteiger partial charge on any atom is -0.496 e. The number of methoxy groups -OCH3 is 2. The van der Waals surface area contributed by atoms with Crippen molar-refractivity contribution in [3.8, 4) is 5.75 Å². The van der Waals surface area contributed by atoms with Gasteiger partial charge in [0.05, 0.1) is 19.8 Å². The molecule has 0 saturated heterocycles. The van der Waals surface area contributed by atoms with Crippen molar-refractivity contribution in [2.45, 2.75) is 13.0 Å². The van der Waals surface area contributed by atoms with Gasteiger partial charge in [0.15, 0.2) is 6.10 Å². The van der Waals surface area contributed by atoms with Crippen molar-refractivity contribution < 1.29 is 33.4 Å². The SMILES string of the molecule is COC(=O)NC(=O)[C@@H](C)OC(=O)CNC(=O)c1ccccc1OC. The molecule has 130 valence electrons. The van der Waals surface area contributed by atoms with Crippen LogP contribution in [-0.2, 0) is 19.1 Å². The lowest BCUT2D eigenvalue weighted by Gasteiger charge is -2.13. The number of carbonyl (C=O) groups is 4. The number of amides is 3. The zero-order chi connectivity index (χ0) is 18.1. The summed E-state index contributed by atoms with van der Waals surface area (Å²) in [5, 5.41) is 4.21. The van der Waals surface area contributed by atoms with Gasteiger partial charge in [0.25, 0.3) is 11.8 Å². The summed E-state index contributed by atoms with van der Waals surface area (Å²) >= 11 is 0. The van der Waals surface area contributed by atoms with Gasteiger partial charge in [0.2, 0.25) is 0 Å². The van der Waals surface area contributed by atoms with Crippen LogP contribution in [0.2, 0.25) is 0 Å². The average Bonchev–Trinajstić information content (AvgIpc) is 2.59. The lowest BCUT2D eigenvalue weighted by atomic mass is 10.2. The van der Waals surface area contributed by atoms with E-state index in [2.05, 4.69) is 10.1 Å². The van der Waals surface area contributed by atoms with Crippen molar-refractivity contribution in [3.05, 3.63) is 29.8 Å². The van der Waals surface area contributed by atoms with Crippen LogP contribution in [0, 0.1) is 0 Å². The molecule has 0 aliphatic carbocycles. The Balaban J connectivity index is 2.49. The second-order valence-electron chi connectivity index (χ2n) is 4.50. The molecule has 0 bridgehead atoms. The molecular weight excluding hydrogens is 320 g/mol. The summed E-state index contributed by atoms with van der Waals surface area (Å²) in [6, 6.07) is 6.48. The van der Waals surface area contributed by atoms with Crippen LogP contribution in [0.1, 0.15) is 17.3 Å². The van der Waals surface area contributed by atoms with Gasteiger partial charge in [-0.3, -0.25) is 19.7 Å². The van der Waals surface area contributed by atoms with Gasteiger partial charge in [0.1, 0.15) is 12.3 Å². The van der Waals surface area contributed by atoms with E-state index in [4.69, 9.17) is 9.47 Å². The predicted molar refractivity (Wildman–Crippen MR) is 81.4 cm³/mol. The van der Waals surface area contributed by atoms with E-state index in [1.807, 2.05) is 5.32 Å². The number of carbonyl (C=O) groups excluding carboxylic acids is 4. The first-order valence-corrected chi connectivity index (χ1v) is 6.88.